The van der Waals surface area contributed by atoms with Gasteiger partial charge in [0.2, 0.25) is 5.95 Å². The molecule has 0 spiro atoms. The second-order valence-electron chi connectivity index (χ2n) is 8.25. The Morgan fingerprint density at radius 3 is 2.44 bits per heavy atom. The first kappa shape index (κ1) is 19.3. The average molecular weight is 349 g/mol. The molecule has 1 aromatic heterocycles. The molecule has 0 aliphatic heterocycles. The molecule has 0 atom stereocenters. The van der Waals surface area contributed by atoms with Gasteiger partial charge in [0, 0.05) is 38.9 Å². The van der Waals surface area contributed by atoms with Crippen molar-refractivity contribution in [1.29, 1.82) is 0 Å². The van der Waals surface area contributed by atoms with Gasteiger partial charge in [0.25, 0.3) is 0 Å². The second kappa shape index (κ2) is 7.89. The van der Waals surface area contributed by atoms with E-state index in [1.807, 2.05) is 25.1 Å². The molecule has 1 amide bonds. The molecule has 7 heteroatoms. The van der Waals surface area contributed by atoms with Crippen molar-refractivity contribution >= 4 is 17.9 Å². The third-order valence-electron chi connectivity index (χ3n) is 4.46. The maximum atomic E-state index is 11.6. The van der Waals surface area contributed by atoms with Crippen LogP contribution in [0.2, 0.25) is 0 Å². The summed E-state index contributed by atoms with van der Waals surface area (Å²) in [5, 5.41) is 13.0. The van der Waals surface area contributed by atoms with Gasteiger partial charge in [0.05, 0.1) is 0 Å². The molecular weight excluding hydrogens is 318 g/mol. The Balaban J connectivity index is 1.92. The monoisotopic (exact) mass is 349 g/mol. The third kappa shape index (κ3) is 5.76. The van der Waals surface area contributed by atoms with Gasteiger partial charge in [0.15, 0.2) is 0 Å². The van der Waals surface area contributed by atoms with Crippen LogP contribution in [0.25, 0.3) is 0 Å². The lowest BCUT2D eigenvalue weighted by Gasteiger charge is -2.38. The van der Waals surface area contributed by atoms with Gasteiger partial charge in [-0.05, 0) is 37.2 Å². The van der Waals surface area contributed by atoms with Gasteiger partial charge in [-0.1, -0.05) is 20.8 Å². The number of nitrogens with zero attached hydrogens (tertiary/aromatic N) is 4. The van der Waals surface area contributed by atoms with Crippen LogP contribution in [-0.4, -0.2) is 58.8 Å². The number of hydrogen-bond donors (Lipinski definition) is 2. The summed E-state index contributed by atoms with van der Waals surface area (Å²) in [6.45, 7) is 6.79. The Labute approximate surface area is 150 Å². The van der Waals surface area contributed by atoms with E-state index in [4.69, 9.17) is 0 Å². The van der Waals surface area contributed by atoms with Crippen LogP contribution in [0.4, 0.5) is 16.6 Å². The lowest BCUT2D eigenvalue weighted by Crippen LogP contribution is -2.46. The topological polar surface area (TPSA) is 81.6 Å². The van der Waals surface area contributed by atoms with Crippen molar-refractivity contribution in [3.05, 3.63) is 12.3 Å². The van der Waals surface area contributed by atoms with Crippen molar-refractivity contribution in [3.8, 4) is 0 Å². The van der Waals surface area contributed by atoms with E-state index in [0.717, 1.165) is 31.5 Å². The molecule has 25 heavy (non-hydrogen) atoms. The van der Waals surface area contributed by atoms with Crippen LogP contribution in [0, 0.1) is 5.41 Å². The van der Waals surface area contributed by atoms with E-state index in [9.17, 15) is 9.90 Å². The van der Waals surface area contributed by atoms with E-state index in [-0.39, 0.29) is 11.5 Å². The first-order valence-corrected chi connectivity index (χ1v) is 8.92. The Bertz CT molecular complexity index is 577. The predicted molar refractivity (Wildman–Crippen MR) is 100 cm³/mol. The molecular formula is C18H31N5O2. The summed E-state index contributed by atoms with van der Waals surface area (Å²) in [6.07, 6.45) is 4.53. The zero-order chi connectivity index (χ0) is 18.6. The van der Waals surface area contributed by atoms with Crippen LogP contribution in [-0.2, 0) is 0 Å². The Morgan fingerprint density at radius 1 is 1.28 bits per heavy atom. The van der Waals surface area contributed by atoms with Crippen molar-refractivity contribution in [1.82, 2.24) is 14.9 Å². The lowest BCUT2D eigenvalue weighted by atomic mass is 9.88. The highest BCUT2D eigenvalue weighted by atomic mass is 16.4. The molecule has 1 aliphatic rings. The molecule has 2 N–H and O–H groups in total. The SMILES string of the molecule is CN(C)c1ccnc(NC2CCC(N(CC(C)(C)C)C(=O)O)CC2)n1. The number of nitrogens with one attached hydrogen (secondary N) is 1. The minimum Gasteiger partial charge on any atom is -0.465 e. The second-order valence-corrected chi connectivity index (χ2v) is 8.25. The number of rotatable bonds is 5. The first-order chi connectivity index (χ1) is 11.7. The molecule has 140 valence electrons. The van der Waals surface area contributed by atoms with Crippen LogP contribution in [0.3, 0.4) is 0 Å². The molecule has 0 aromatic carbocycles. The standard InChI is InChI=1S/C18H31N5O2/c1-18(2,3)12-23(17(24)25)14-8-6-13(7-9-14)20-16-19-11-10-15(21-16)22(4)5/h10-11,13-14H,6-9,12H2,1-5H3,(H,24,25)(H,19,20,21). The van der Waals surface area contributed by atoms with Crippen LogP contribution >= 0.6 is 0 Å². The van der Waals surface area contributed by atoms with Gasteiger partial charge in [-0.3, -0.25) is 0 Å². The highest BCUT2D eigenvalue weighted by molar-refractivity contribution is 5.65. The zero-order valence-electron chi connectivity index (χ0n) is 16.0. The minimum atomic E-state index is -0.812. The molecule has 7 nitrogen and oxygen atoms in total. The lowest BCUT2D eigenvalue weighted by molar-refractivity contribution is 0.0876. The van der Waals surface area contributed by atoms with Crippen molar-refractivity contribution < 1.29 is 9.90 Å². The van der Waals surface area contributed by atoms with Crippen molar-refractivity contribution in [3.63, 3.8) is 0 Å². The Hall–Kier alpha value is -2.05. The molecule has 0 radical (unpaired) electrons. The summed E-state index contributed by atoms with van der Waals surface area (Å²) >= 11 is 0. The van der Waals surface area contributed by atoms with Gasteiger partial charge < -0.3 is 20.2 Å². The van der Waals surface area contributed by atoms with E-state index in [0.29, 0.717) is 18.5 Å². The molecule has 1 fully saturated rings. The third-order valence-corrected chi connectivity index (χ3v) is 4.46. The predicted octanol–water partition coefficient (Wildman–Crippen LogP) is 3.29. The van der Waals surface area contributed by atoms with Crippen molar-refractivity contribution in [2.75, 3.05) is 30.9 Å². The summed E-state index contributed by atoms with van der Waals surface area (Å²) in [7, 11) is 3.90. The highest BCUT2D eigenvalue weighted by Crippen LogP contribution is 2.28. The zero-order valence-corrected chi connectivity index (χ0v) is 16.0. The van der Waals surface area contributed by atoms with Crippen LogP contribution in [0.1, 0.15) is 46.5 Å². The minimum absolute atomic E-state index is 0.0338. The first-order valence-electron chi connectivity index (χ1n) is 8.92. The van der Waals surface area contributed by atoms with Gasteiger partial charge in [-0.25, -0.2) is 9.78 Å². The summed E-state index contributed by atoms with van der Waals surface area (Å²) in [4.78, 5) is 24.0. The number of carbonyl (C=O) groups is 1. The summed E-state index contributed by atoms with van der Waals surface area (Å²) in [5.41, 5.74) is -0.0338. The number of aromatic nitrogens is 2. The smallest absolute Gasteiger partial charge is 0.407 e. The molecule has 0 saturated heterocycles. The maximum absolute atomic E-state index is 11.6. The molecule has 0 bridgehead atoms. The molecule has 1 heterocycles. The summed E-state index contributed by atoms with van der Waals surface area (Å²) < 4.78 is 0. The Kier molecular flexibility index (Phi) is 6.08. The van der Waals surface area contributed by atoms with Gasteiger partial charge >= 0.3 is 6.09 Å². The molecule has 1 aliphatic carbocycles. The normalized spacial score (nSPS) is 20.8. The maximum Gasteiger partial charge on any atom is 0.407 e. The molecule has 2 rings (SSSR count). The van der Waals surface area contributed by atoms with Crippen molar-refractivity contribution in [2.45, 2.75) is 58.5 Å². The summed E-state index contributed by atoms with van der Waals surface area (Å²) in [5.74, 6) is 1.51. The quantitative estimate of drug-likeness (QED) is 0.849. The highest BCUT2D eigenvalue weighted by Gasteiger charge is 2.31. The number of anilines is 2. The number of hydrogen-bond acceptors (Lipinski definition) is 5. The van der Waals surface area contributed by atoms with E-state index < -0.39 is 6.09 Å². The van der Waals surface area contributed by atoms with E-state index in [2.05, 4.69) is 36.1 Å². The van der Waals surface area contributed by atoms with Gasteiger partial charge in [-0.15, -0.1) is 0 Å². The fraction of sp³-hybridized carbons (Fsp3) is 0.722. The Morgan fingerprint density at radius 2 is 1.92 bits per heavy atom. The van der Waals surface area contributed by atoms with Crippen molar-refractivity contribution in [2.24, 2.45) is 5.41 Å². The number of carboxylic acid groups (broad SMARTS) is 1. The van der Waals surface area contributed by atoms with Gasteiger partial charge in [-0.2, -0.15) is 4.98 Å². The van der Waals surface area contributed by atoms with Crippen LogP contribution in [0.5, 0.6) is 0 Å². The molecule has 1 saturated carbocycles. The van der Waals surface area contributed by atoms with Gasteiger partial charge in [0.1, 0.15) is 5.82 Å². The van der Waals surface area contributed by atoms with E-state index in [1.54, 1.807) is 11.1 Å². The fourth-order valence-electron chi connectivity index (χ4n) is 3.25. The largest absolute Gasteiger partial charge is 0.465 e. The average Bonchev–Trinajstić information content (AvgIpc) is 2.53. The summed E-state index contributed by atoms with van der Waals surface area (Å²) in [6, 6.07) is 2.27. The molecule has 0 unspecified atom stereocenters. The molecule has 1 aromatic rings. The van der Waals surface area contributed by atoms with Crippen LogP contribution < -0.4 is 10.2 Å². The fourth-order valence-corrected chi connectivity index (χ4v) is 3.25. The van der Waals surface area contributed by atoms with Crippen LogP contribution in [0.15, 0.2) is 12.3 Å². The number of amides is 1. The van der Waals surface area contributed by atoms with E-state index in [1.165, 1.54) is 0 Å². The van der Waals surface area contributed by atoms with E-state index >= 15 is 0 Å².